The van der Waals surface area contributed by atoms with E-state index in [4.69, 9.17) is 9.47 Å². The third-order valence-corrected chi connectivity index (χ3v) is 6.29. The molecular formula is C23H32N4O3. The number of piperidine rings is 1. The summed E-state index contributed by atoms with van der Waals surface area (Å²) < 4.78 is 14.3. The quantitative estimate of drug-likeness (QED) is 0.754. The molecule has 0 aliphatic carbocycles. The van der Waals surface area contributed by atoms with Crippen LogP contribution in [-0.4, -0.2) is 57.0 Å². The Balaban J connectivity index is 1.28. The third-order valence-electron chi connectivity index (χ3n) is 6.29. The van der Waals surface area contributed by atoms with E-state index >= 15 is 0 Å². The van der Waals surface area contributed by atoms with Gasteiger partial charge in [-0.3, -0.25) is 9.48 Å². The number of rotatable bonds is 5. The number of aryl methyl sites for hydroxylation is 4. The summed E-state index contributed by atoms with van der Waals surface area (Å²) in [6.07, 6.45) is 5.84. The molecule has 7 heteroatoms. The molecule has 4 rings (SSSR count). The van der Waals surface area contributed by atoms with E-state index in [0.29, 0.717) is 25.5 Å². The highest BCUT2D eigenvalue weighted by atomic mass is 16.5. The molecular weight excluding hydrogens is 380 g/mol. The van der Waals surface area contributed by atoms with Gasteiger partial charge in [0.15, 0.2) is 0 Å². The fourth-order valence-corrected chi connectivity index (χ4v) is 4.60. The molecule has 162 valence electrons. The van der Waals surface area contributed by atoms with Crippen molar-refractivity contribution in [3.8, 4) is 5.88 Å². The SMILES string of the molecule is Cc1ccnc(OC2CCOC3(CCN(C(=O)CCn4nc(C)cc4C)CC3)C2)c1. The molecule has 2 aromatic rings. The van der Waals surface area contributed by atoms with Crippen LogP contribution in [0.25, 0.3) is 0 Å². The van der Waals surface area contributed by atoms with Crippen molar-refractivity contribution in [1.82, 2.24) is 19.7 Å². The maximum Gasteiger partial charge on any atom is 0.224 e. The lowest BCUT2D eigenvalue weighted by atomic mass is 9.83. The lowest BCUT2D eigenvalue weighted by Crippen LogP contribution is -2.52. The Morgan fingerprint density at radius 3 is 2.77 bits per heavy atom. The maximum absolute atomic E-state index is 12.7. The fraction of sp³-hybridized carbons (Fsp3) is 0.609. The van der Waals surface area contributed by atoms with Crippen LogP contribution in [-0.2, 0) is 16.1 Å². The topological polar surface area (TPSA) is 69.5 Å². The molecule has 1 amide bonds. The van der Waals surface area contributed by atoms with Gasteiger partial charge < -0.3 is 14.4 Å². The first-order valence-corrected chi connectivity index (χ1v) is 10.9. The zero-order valence-corrected chi connectivity index (χ0v) is 18.3. The predicted octanol–water partition coefficient (Wildman–Crippen LogP) is 3.21. The zero-order valence-electron chi connectivity index (χ0n) is 18.3. The summed E-state index contributed by atoms with van der Waals surface area (Å²) in [6.45, 7) is 8.86. The number of nitrogens with zero attached hydrogens (tertiary/aromatic N) is 4. The summed E-state index contributed by atoms with van der Waals surface area (Å²) in [5, 5.41) is 4.45. The molecule has 1 unspecified atom stereocenters. The van der Waals surface area contributed by atoms with Crippen molar-refractivity contribution in [3.63, 3.8) is 0 Å². The standard InChI is InChI=1S/C23H32N4O3/c1-17-4-9-24-21(14-17)30-20-6-13-29-23(16-20)7-11-26(12-8-23)22(28)5-10-27-19(3)15-18(2)25-27/h4,9,14-15,20H,5-8,10-13,16H2,1-3H3. The van der Waals surface area contributed by atoms with Gasteiger partial charge in [0, 0.05) is 56.9 Å². The summed E-state index contributed by atoms with van der Waals surface area (Å²) in [4.78, 5) is 19.0. The molecule has 1 spiro atoms. The van der Waals surface area contributed by atoms with Gasteiger partial charge in [0.05, 0.1) is 17.9 Å². The molecule has 0 radical (unpaired) electrons. The van der Waals surface area contributed by atoms with Crippen molar-refractivity contribution in [1.29, 1.82) is 0 Å². The van der Waals surface area contributed by atoms with Crippen LogP contribution < -0.4 is 4.74 Å². The molecule has 7 nitrogen and oxygen atoms in total. The average Bonchev–Trinajstić information content (AvgIpc) is 3.04. The molecule has 30 heavy (non-hydrogen) atoms. The molecule has 2 fully saturated rings. The van der Waals surface area contributed by atoms with E-state index in [2.05, 4.69) is 10.1 Å². The van der Waals surface area contributed by atoms with Gasteiger partial charge >= 0.3 is 0 Å². The van der Waals surface area contributed by atoms with Crippen molar-refractivity contribution in [2.24, 2.45) is 0 Å². The molecule has 0 aromatic carbocycles. The smallest absolute Gasteiger partial charge is 0.224 e. The van der Waals surface area contributed by atoms with E-state index in [1.807, 2.05) is 48.6 Å². The highest BCUT2D eigenvalue weighted by Gasteiger charge is 2.42. The predicted molar refractivity (Wildman–Crippen MR) is 113 cm³/mol. The highest BCUT2D eigenvalue weighted by molar-refractivity contribution is 5.76. The summed E-state index contributed by atoms with van der Waals surface area (Å²) in [7, 11) is 0. The molecule has 1 atom stereocenters. The molecule has 0 N–H and O–H groups in total. The van der Waals surface area contributed by atoms with Crippen molar-refractivity contribution in [2.75, 3.05) is 19.7 Å². The number of carbonyl (C=O) groups excluding carboxylic acids is 1. The monoisotopic (exact) mass is 412 g/mol. The van der Waals surface area contributed by atoms with Crippen molar-refractivity contribution >= 4 is 5.91 Å². The van der Waals surface area contributed by atoms with E-state index in [-0.39, 0.29) is 17.6 Å². The number of ether oxygens (including phenoxy) is 2. The van der Waals surface area contributed by atoms with Crippen molar-refractivity contribution < 1.29 is 14.3 Å². The largest absolute Gasteiger partial charge is 0.474 e. The van der Waals surface area contributed by atoms with Crippen LogP contribution in [0.3, 0.4) is 0 Å². The van der Waals surface area contributed by atoms with E-state index in [0.717, 1.165) is 55.7 Å². The van der Waals surface area contributed by atoms with Gasteiger partial charge in [-0.1, -0.05) is 0 Å². The van der Waals surface area contributed by atoms with Crippen LogP contribution >= 0.6 is 0 Å². The number of hydrogen-bond donors (Lipinski definition) is 0. The Bertz CT molecular complexity index is 886. The Morgan fingerprint density at radius 1 is 1.27 bits per heavy atom. The molecule has 2 saturated heterocycles. The first-order chi connectivity index (χ1) is 14.4. The van der Waals surface area contributed by atoms with Crippen LogP contribution in [0, 0.1) is 20.8 Å². The number of amides is 1. The average molecular weight is 413 g/mol. The third kappa shape index (κ3) is 4.83. The van der Waals surface area contributed by atoms with E-state index < -0.39 is 0 Å². The van der Waals surface area contributed by atoms with Crippen LogP contribution in [0.4, 0.5) is 0 Å². The fourth-order valence-electron chi connectivity index (χ4n) is 4.60. The molecule has 0 bridgehead atoms. The van der Waals surface area contributed by atoms with Gasteiger partial charge in [-0.25, -0.2) is 4.98 Å². The maximum atomic E-state index is 12.7. The second kappa shape index (κ2) is 8.76. The van der Waals surface area contributed by atoms with Crippen LogP contribution in [0.5, 0.6) is 5.88 Å². The Morgan fingerprint density at radius 2 is 2.07 bits per heavy atom. The Labute approximate surface area is 178 Å². The molecule has 2 aromatic heterocycles. The lowest BCUT2D eigenvalue weighted by molar-refractivity contribution is -0.151. The van der Waals surface area contributed by atoms with Gasteiger partial charge in [0.2, 0.25) is 11.8 Å². The van der Waals surface area contributed by atoms with Gasteiger partial charge in [-0.15, -0.1) is 0 Å². The molecule has 2 aliphatic heterocycles. The van der Waals surface area contributed by atoms with Crippen LogP contribution in [0.2, 0.25) is 0 Å². The van der Waals surface area contributed by atoms with E-state index in [1.54, 1.807) is 6.20 Å². The van der Waals surface area contributed by atoms with Gasteiger partial charge in [-0.2, -0.15) is 5.10 Å². The van der Waals surface area contributed by atoms with Gasteiger partial charge in [0.1, 0.15) is 6.10 Å². The molecule has 0 saturated carbocycles. The van der Waals surface area contributed by atoms with Crippen LogP contribution in [0.1, 0.15) is 49.1 Å². The van der Waals surface area contributed by atoms with E-state index in [1.165, 1.54) is 0 Å². The van der Waals surface area contributed by atoms with Crippen LogP contribution in [0.15, 0.2) is 24.4 Å². The normalized spacial score (nSPS) is 21.0. The van der Waals surface area contributed by atoms with Gasteiger partial charge in [0.25, 0.3) is 0 Å². The summed E-state index contributed by atoms with van der Waals surface area (Å²) >= 11 is 0. The number of aromatic nitrogens is 3. The summed E-state index contributed by atoms with van der Waals surface area (Å²) in [6, 6.07) is 5.99. The minimum absolute atomic E-state index is 0.112. The second-order valence-corrected chi connectivity index (χ2v) is 8.72. The number of carbonyl (C=O) groups is 1. The van der Waals surface area contributed by atoms with E-state index in [9.17, 15) is 4.79 Å². The Kier molecular flexibility index (Phi) is 6.09. The summed E-state index contributed by atoms with van der Waals surface area (Å²) in [5.74, 6) is 0.888. The highest BCUT2D eigenvalue weighted by Crippen LogP contribution is 2.36. The molecule has 4 heterocycles. The number of likely N-dealkylation sites (tertiary alicyclic amines) is 1. The first-order valence-electron chi connectivity index (χ1n) is 10.9. The lowest BCUT2D eigenvalue weighted by Gasteiger charge is -2.46. The summed E-state index contributed by atoms with van der Waals surface area (Å²) in [5.41, 5.74) is 3.06. The zero-order chi connectivity index (χ0) is 21.1. The Hall–Kier alpha value is -2.41. The minimum Gasteiger partial charge on any atom is -0.474 e. The van der Waals surface area contributed by atoms with Crippen molar-refractivity contribution in [3.05, 3.63) is 41.3 Å². The number of pyridine rings is 1. The first kappa shape index (κ1) is 20.8. The second-order valence-electron chi connectivity index (χ2n) is 8.72. The molecule has 2 aliphatic rings. The van der Waals surface area contributed by atoms with Crippen molar-refractivity contribution in [2.45, 2.75) is 71.1 Å². The number of hydrogen-bond acceptors (Lipinski definition) is 5. The van der Waals surface area contributed by atoms with Gasteiger partial charge in [-0.05, 0) is 51.3 Å². The minimum atomic E-state index is -0.181.